The Bertz CT molecular complexity index is 1030. The molecule has 1 atom stereocenters. The summed E-state index contributed by atoms with van der Waals surface area (Å²) in [4.78, 5) is 50.8. The lowest BCUT2D eigenvalue weighted by molar-refractivity contribution is -0.136. The van der Waals surface area contributed by atoms with E-state index in [0.29, 0.717) is 28.8 Å². The van der Waals surface area contributed by atoms with Gasteiger partial charge >= 0.3 is 0 Å². The minimum absolute atomic E-state index is 0.202. The van der Waals surface area contributed by atoms with E-state index in [-0.39, 0.29) is 30.7 Å². The summed E-state index contributed by atoms with van der Waals surface area (Å²) < 4.78 is 0. The van der Waals surface area contributed by atoms with Crippen molar-refractivity contribution in [3.8, 4) is 0 Å². The molecule has 0 saturated carbocycles. The van der Waals surface area contributed by atoms with Crippen LogP contribution in [0, 0.1) is 0 Å². The lowest BCUT2D eigenvalue weighted by atomic mass is 10.0. The van der Waals surface area contributed by atoms with Gasteiger partial charge in [-0.25, -0.2) is 0 Å². The third-order valence-corrected chi connectivity index (χ3v) is 5.47. The lowest BCUT2D eigenvalue weighted by Crippen LogP contribution is -2.52. The van der Waals surface area contributed by atoms with Crippen LogP contribution < -0.4 is 10.6 Å². The maximum atomic E-state index is 12.9. The molecule has 0 aromatic heterocycles. The first kappa shape index (κ1) is 18.9. The van der Waals surface area contributed by atoms with Gasteiger partial charge in [-0.3, -0.25) is 24.5 Å². The highest BCUT2D eigenvalue weighted by atomic mass is 16.2. The number of anilines is 1. The standard InChI is InChI=1S/C22H21N3O4/c1-2-13-6-3-4-7-14(13)20(27)23-17-9-5-8-15-16(17)12-25(22(15)29)18-10-11-19(26)24-21(18)28/h3-9,18H,2,10-12H2,1H3,(H,23,27)(H,24,26,28). The van der Waals surface area contributed by atoms with E-state index in [9.17, 15) is 19.2 Å². The van der Waals surface area contributed by atoms with Crippen LogP contribution in [-0.4, -0.2) is 34.6 Å². The summed E-state index contributed by atoms with van der Waals surface area (Å²) in [5, 5.41) is 5.22. The Hall–Kier alpha value is -3.48. The molecular weight excluding hydrogens is 370 g/mol. The minimum Gasteiger partial charge on any atom is -0.322 e. The smallest absolute Gasteiger partial charge is 0.255 e. The van der Waals surface area contributed by atoms with Crippen LogP contribution in [-0.2, 0) is 22.6 Å². The Morgan fingerprint density at radius 3 is 2.69 bits per heavy atom. The van der Waals surface area contributed by atoms with Crippen LogP contribution >= 0.6 is 0 Å². The molecule has 1 unspecified atom stereocenters. The third-order valence-electron chi connectivity index (χ3n) is 5.47. The van der Waals surface area contributed by atoms with E-state index >= 15 is 0 Å². The molecule has 0 spiro atoms. The summed E-state index contributed by atoms with van der Waals surface area (Å²) in [6, 6.07) is 11.9. The number of imide groups is 1. The second kappa shape index (κ2) is 7.50. The highest BCUT2D eigenvalue weighted by Crippen LogP contribution is 2.32. The van der Waals surface area contributed by atoms with Gasteiger partial charge in [-0.2, -0.15) is 0 Å². The van der Waals surface area contributed by atoms with Crippen LogP contribution in [0.25, 0.3) is 0 Å². The van der Waals surface area contributed by atoms with Crippen molar-refractivity contribution in [3.05, 3.63) is 64.7 Å². The summed E-state index contributed by atoms with van der Waals surface area (Å²) in [5.74, 6) is -1.27. The van der Waals surface area contributed by atoms with Crippen molar-refractivity contribution in [2.45, 2.75) is 38.8 Å². The van der Waals surface area contributed by atoms with E-state index in [4.69, 9.17) is 0 Å². The number of hydrogen-bond acceptors (Lipinski definition) is 4. The summed E-state index contributed by atoms with van der Waals surface area (Å²) in [5.41, 5.74) is 3.25. The van der Waals surface area contributed by atoms with Crippen molar-refractivity contribution in [1.29, 1.82) is 0 Å². The predicted molar refractivity (Wildman–Crippen MR) is 106 cm³/mol. The molecule has 7 nitrogen and oxygen atoms in total. The fourth-order valence-corrected chi connectivity index (χ4v) is 3.94. The molecule has 2 heterocycles. The Labute approximate surface area is 168 Å². The van der Waals surface area contributed by atoms with Crippen molar-refractivity contribution >= 4 is 29.3 Å². The van der Waals surface area contributed by atoms with Crippen molar-refractivity contribution in [3.63, 3.8) is 0 Å². The zero-order valence-electron chi connectivity index (χ0n) is 16.0. The molecule has 2 aromatic rings. The van der Waals surface area contributed by atoms with Gasteiger partial charge in [-0.1, -0.05) is 31.2 Å². The second-order valence-electron chi connectivity index (χ2n) is 7.20. The van der Waals surface area contributed by atoms with Crippen molar-refractivity contribution < 1.29 is 19.2 Å². The molecule has 1 saturated heterocycles. The molecule has 1 fully saturated rings. The minimum atomic E-state index is -0.683. The van der Waals surface area contributed by atoms with E-state index in [0.717, 1.165) is 12.0 Å². The number of nitrogens with zero attached hydrogens (tertiary/aromatic N) is 1. The highest BCUT2D eigenvalue weighted by molar-refractivity contribution is 6.09. The molecule has 4 amide bonds. The molecule has 29 heavy (non-hydrogen) atoms. The second-order valence-corrected chi connectivity index (χ2v) is 7.20. The normalized spacial score (nSPS) is 18.4. The fraction of sp³-hybridized carbons (Fsp3) is 0.273. The van der Waals surface area contributed by atoms with Crippen molar-refractivity contribution in [2.75, 3.05) is 5.32 Å². The Morgan fingerprint density at radius 2 is 1.93 bits per heavy atom. The molecule has 148 valence electrons. The molecule has 0 aliphatic carbocycles. The molecule has 2 N–H and O–H groups in total. The third kappa shape index (κ3) is 3.40. The van der Waals surface area contributed by atoms with Gasteiger partial charge in [0.05, 0.1) is 0 Å². The molecule has 0 radical (unpaired) electrons. The van der Waals surface area contributed by atoms with Gasteiger partial charge in [-0.15, -0.1) is 0 Å². The van der Waals surface area contributed by atoms with Gasteiger partial charge in [-0.05, 0) is 36.6 Å². The number of amides is 4. The molecular formula is C22H21N3O4. The van der Waals surface area contributed by atoms with E-state index in [2.05, 4.69) is 10.6 Å². The highest BCUT2D eigenvalue weighted by Gasteiger charge is 2.39. The van der Waals surface area contributed by atoms with Gasteiger partial charge in [0.2, 0.25) is 11.8 Å². The number of fused-ring (bicyclic) bond motifs is 1. The van der Waals surface area contributed by atoms with Crippen LogP contribution in [0.1, 0.15) is 51.6 Å². The predicted octanol–water partition coefficient (Wildman–Crippen LogP) is 2.26. The van der Waals surface area contributed by atoms with Gasteiger partial charge in [0.15, 0.2) is 0 Å². The van der Waals surface area contributed by atoms with E-state index in [1.165, 1.54) is 4.90 Å². The van der Waals surface area contributed by atoms with Crippen molar-refractivity contribution in [1.82, 2.24) is 10.2 Å². The average Bonchev–Trinajstić information content (AvgIpc) is 3.05. The number of carbonyl (C=O) groups is 4. The van der Waals surface area contributed by atoms with Gasteiger partial charge < -0.3 is 10.2 Å². The van der Waals surface area contributed by atoms with Crippen LogP contribution in [0.2, 0.25) is 0 Å². The number of rotatable bonds is 4. The van der Waals surface area contributed by atoms with Crippen LogP contribution in [0.3, 0.4) is 0 Å². The largest absolute Gasteiger partial charge is 0.322 e. The number of hydrogen-bond donors (Lipinski definition) is 2. The number of aryl methyl sites for hydroxylation is 1. The van der Waals surface area contributed by atoms with Gasteiger partial charge in [0.25, 0.3) is 11.8 Å². The summed E-state index contributed by atoms with van der Waals surface area (Å²) in [6.45, 7) is 2.20. The van der Waals surface area contributed by atoms with Gasteiger partial charge in [0.1, 0.15) is 6.04 Å². The zero-order chi connectivity index (χ0) is 20.5. The van der Waals surface area contributed by atoms with E-state index < -0.39 is 11.9 Å². The number of piperidine rings is 1. The maximum Gasteiger partial charge on any atom is 0.255 e. The first-order valence-electron chi connectivity index (χ1n) is 9.65. The van der Waals surface area contributed by atoms with Crippen LogP contribution in [0.5, 0.6) is 0 Å². The Kier molecular flexibility index (Phi) is 4.88. The number of benzene rings is 2. The molecule has 2 aromatic carbocycles. The maximum absolute atomic E-state index is 12.9. The van der Waals surface area contributed by atoms with E-state index in [1.807, 2.05) is 25.1 Å². The van der Waals surface area contributed by atoms with Crippen LogP contribution in [0.15, 0.2) is 42.5 Å². The van der Waals surface area contributed by atoms with Crippen LogP contribution in [0.4, 0.5) is 5.69 Å². The Morgan fingerprint density at radius 1 is 1.14 bits per heavy atom. The monoisotopic (exact) mass is 391 g/mol. The van der Waals surface area contributed by atoms with E-state index in [1.54, 1.807) is 24.3 Å². The van der Waals surface area contributed by atoms with Crippen molar-refractivity contribution in [2.24, 2.45) is 0 Å². The number of nitrogens with one attached hydrogen (secondary N) is 2. The first-order valence-corrected chi connectivity index (χ1v) is 9.65. The zero-order valence-corrected chi connectivity index (χ0v) is 16.0. The SMILES string of the molecule is CCc1ccccc1C(=O)Nc1cccc2c1CN(C1CCC(=O)NC1=O)C2=O. The first-order chi connectivity index (χ1) is 14.0. The lowest BCUT2D eigenvalue weighted by Gasteiger charge is -2.29. The summed E-state index contributed by atoms with van der Waals surface area (Å²) >= 11 is 0. The quantitative estimate of drug-likeness (QED) is 0.782. The topological polar surface area (TPSA) is 95.6 Å². The molecule has 2 aliphatic heterocycles. The molecule has 4 rings (SSSR count). The fourth-order valence-electron chi connectivity index (χ4n) is 3.94. The molecule has 2 aliphatic rings. The molecule has 7 heteroatoms. The average molecular weight is 391 g/mol. The number of carbonyl (C=O) groups excluding carboxylic acids is 4. The Balaban J connectivity index is 1.59. The summed E-state index contributed by atoms with van der Waals surface area (Å²) in [7, 11) is 0. The molecule has 0 bridgehead atoms. The van der Waals surface area contributed by atoms with Gasteiger partial charge in [0, 0.05) is 35.3 Å². The summed E-state index contributed by atoms with van der Waals surface area (Å²) in [6.07, 6.45) is 1.24.